The fraction of sp³-hybridized carbons (Fsp3) is 0.500. The predicted octanol–water partition coefficient (Wildman–Crippen LogP) is 6.44. The first-order chi connectivity index (χ1) is 11.8. The van der Waals surface area contributed by atoms with Crippen molar-refractivity contribution in [1.82, 2.24) is 4.98 Å². The molecule has 0 amide bonds. The molecule has 0 radical (unpaired) electrons. The Balaban J connectivity index is 1.80. The van der Waals surface area contributed by atoms with E-state index in [1.54, 1.807) is 0 Å². The van der Waals surface area contributed by atoms with Crippen molar-refractivity contribution in [2.24, 2.45) is 0 Å². The van der Waals surface area contributed by atoms with Crippen molar-refractivity contribution >= 4 is 0 Å². The van der Waals surface area contributed by atoms with E-state index in [2.05, 4.69) is 55.2 Å². The highest BCUT2D eigenvalue weighted by atomic mass is 16.5. The van der Waals surface area contributed by atoms with Gasteiger partial charge in [-0.3, -0.25) is 4.98 Å². The second-order valence-corrected chi connectivity index (χ2v) is 6.43. The van der Waals surface area contributed by atoms with Crippen molar-refractivity contribution in [1.29, 1.82) is 0 Å². The summed E-state index contributed by atoms with van der Waals surface area (Å²) in [6.07, 6.45) is 11.8. The molecule has 0 unspecified atom stereocenters. The molecule has 2 nitrogen and oxygen atoms in total. The van der Waals surface area contributed by atoms with Crippen LogP contribution in [-0.4, -0.2) is 11.6 Å². The highest BCUT2D eigenvalue weighted by Gasteiger charge is 2.01. The van der Waals surface area contributed by atoms with Crippen LogP contribution in [0.1, 0.15) is 64.5 Å². The van der Waals surface area contributed by atoms with Gasteiger partial charge >= 0.3 is 0 Å². The monoisotopic (exact) mass is 325 g/mol. The largest absolute Gasteiger partial charge is 0.494 e. The molecule has 1 aromatic heterocycles. The third kappa shape index (κ3) is 6.35. The van der Waals surface area contributed by atoms with Crippen LogP contribution in [0.4, 0.5) is 0 Å². The minimum absolute atomic E-state index is 0.816. The smallest absolute Gasteiger partial charge is 0.119 e. The van der Waals surface area contributed by atoms with E-state index in [1.165, 1.54) is 55.3 Å². The summed E-state index contributed by atoms with van der Waals surface area (Å²) in [5.74, 6) is 0.960. The number of aromatic nitrogens is 1. The minimum Gasteiger partial charge on any atom is -0.494 e. The topological polar surface area (TPSA) is 22.1 Å². The van der Waals surface area contributed by atoms with Crippen LogP contribution in [-0.2, 0) is 6.42 Å². The van der Waals surface area contributed by atoms with Crippen molar-refractivity contribution in [3.05, 3.63) is 48.3 Å². The lowest BCUT2D eigenvalue weighted by molar-refractivity contribution is 0.304. The fourth-order valence-electron chi connectivity index (χ4n) is 2.74. The highest BCUT2D eigenvalue weighted by Crippen LogP contribution is 2.22. The van der Waals surface area contributed by atoms with Gasteiger partial charge in [0.15, 0.2) is 0 Å². The summed E-state index contributed by atoms with van der Waals surface area (Å²) in [4.78, 5) is 4.57. The molecule has 0 bridgehead atoms. The van der Waals surface area contributed by atoms with Crippen LogP contribution in [0.2, 0.25) is 0 Å². The summed E-state index contributed by atoms with van der Waals surface area (Å²) in [5, 5.41) is 0. The summed E-state index contributed by atoms with van der Waals surface area (Å²) >= 11 is 0. The molecular formula is C22H31NO. The van der Waals surface area contributed by atoms with Gasteiger partial charge in [-0.1, -0.05) is 64.2 Å². The van der Waals surface area contributed by atoms with Gasteiger partial charge in [0.2, 0.25) is 0 Å². The maximum atomic E-state index is 5.82. The first kappa shape index (κ1) is 18.5. The van der Waals surface area contributed by atoms with Crippen molar-refractivity contribution in [2.45, 2.75) is 65.2 Å². The first-order valence-electron chi connectivity index (χ1n) is 9.51. The molecule has 24 heavy (non-hydrogen) atoms. The van der Waals surface area contributed by atoms with Crippen LogP contribution in [0.5, 0.6) is 5.75 Å². The van der Waals surface area contributed by atoms with Crippen molar-refractivity contribution < 1.29 is 4.74 Å². The number of benzene rings is 1. The van der Waals surface area contributed by atoms with E-state index in [-0.39, 0.29) is 0 Å². The third-order valence-electron chi connectivity index (χ3n) is 4.32. The average molecular weight is 325 g/mol. The molecule has 0 saturated heterocycles. The molecule has 0 atom stereocenters. The Morgan fingerprint density at radius 3 is 2.12 bits per heavy atom. The number of nitrogens with zero attached hydrogens (tertiary/aromatic N) is 1. The molecule has 0 aliphatic carbocycles. The van der Waals surface area contributed by atoms with Crippen molar-refractivity contribution in [3.8, 4) is 16.9 Å². The van der Waals surface area contributed by atoms with Crippen LogP contribution in [0.3, 0.4) is 0 Å². The average Bonchev–Trinajstić information content (AvgIpc) is 2.64. The van der Waals surface area contributed by atoms with Crippen LogP contribution < -0.4 is 4.74 Å². The van der Waals surface area contributed by atoms with Gasteiger partial charge in [0.25, 0.3) is 0 Å². The van der Waals surface area contributed by atoms with Crippen LogP contribution in [0.25, 0.3) is 11.1 Å². The van der Waals surface area contributed by atoms with Crippen molar-refractivity contribution in [3.63, 3.8) is 0 Å². The Hall–Kier alpha value is -1.83. The van der Waals surface area contributed by atoms with Gasteiger partial charge < -0.3 is 4.74 Å². The molecule has 0 spiro atoms. The molecular weight excluding hydrogens is 294 g/mol. The summed E-state index contributed by atoms with van der Waals surface area (Å²) in [6, 6.07) is 12.7. The second kappa shape index (κ2) is 10.9. The zero-order valence-electron chi connectivity index (χ0n) is 15.3. The van der Waals surface area contributed by atoms with E-state index in [0.717, 1.165) is 25.2 Å². The Bertz CT molecular complexity index is 560. The Morgan fingerprint density at radius 1 is 0.750 bits per heavy atom. The molecule has 2 rings (SSSR count). The van der Waals surface area contributed by atoms with Crippen LogP contribution in [0, 0.1) is 0 Å². The van der Waals surface area contributed by atoms with Gasteiger partial charge in [0, 0.05) is 17.5 Å². The van der Waals surface area contributed by atoms with Gasteiger partial charge in [-0.2, -0.15) is 0 Å². The predicted molar refractivity (Wildman–Crippen MR) is 103 cm³/mol. The summed E-state index contributed by atoms with van der Waals surface area (Å²) < 4.78 is 5.82. The molecule has 0 fully saturated rings. The van der Waals surface area contributed by atoms with Gasteiger partial charge in [-0.25, -0.2) is 0 Å². The number of aryl methyl sites for hydroxylation is 1. The summed E-state index contributed by atoms with van der Waals surface area (Å²) in [6.45, 7) is 5.27. The normalized spacial score (nSPS) is 10.8. The van der Waals surface area contributed by atoms with E-state index < -0.39 is 0 Å². The minimum atomic E-state index is 0.816. The molecule has 0 aliphatic heterocycles. The standard InChI is InChI=1S/C22H31NO/c1-3-5-7-8-9-17-24-22-15-12-19(13-16-22)20-11-14-21(23-18-20)10-6-4-2/h11-16,18H,3-10,17H2,1-2H3. The third-order valence-corrected chi connectivity index (χ3v) is 4.32. The van der Waals surface area contributed by atoms with Crippen LogP contribution in [0.15, 0.2) is 42.6 Å². The zero-order valence-corrected chi connectivity index (χ0v) is 15.3. The Morgan fingerprint density at radius 2 is 1.46 bits per heavy atom. The number of hydrogen-bond acceptors (Lipinski definition) is 2. The lowest BCUT2D eigenvalue weighted by Crippen LogP contribution is -1.97. The van der Waals surface area contributed by atoms with Crippen LogP contribution >= 0.6 is 0 Å². The molecule has 1 heterocycles. The van der Waals surface area contributed by atoms with Gasteiger partial charge in [0.1, 0.15) is 5.75 Å². The molecule has 2 heteroatoms. The molecule has 0 N–H and O–H groups in total. The Kier molecular flexibility index (Phi) is 8.37. The number of pyridine rings is 1. The van der Waals surface area contributed by atoms with E-state index in [9.17, 15) is 0 Å². The first-order valence-corrected chi connectivity index (χ1v) is 9.51. The van der Waals surface area contributed by atoms with Gasteiger partial charge in [0.05, 0.1) is 6.61 Å². The van der Waals surface area contributed by atoms with E-state index in [4.69, 9.17) is 4.74 Å². The number of ether oxygens (including phenoxy) is 1. The maximum Gasteiger partial charge on any atom is 0.119 e. The van der Waals surface area contributed by atoms with Gasteiger partial charge in [-0.05, 0) is 43.0 Å². The molecule has 0 aliphatic rings. The zero-order chi connectivity index (χ0) is 17.0. The molecule has 130 valence electrons. The summed E-state index contributed by atoms with van der Waals surface area (Å²) in [7, 11) is 0. The second-order valence-electron chi connectivity index (χ2n) is 6.43. The lowest BCUT2D eigenvalue weighted by atomic mass is 10.1. The number of rotatable bonds is 11. The molecule has 2 aromatic rings. The quantitative estimate of drug-likeness (QED) is 0.443. The van der Waals surface area contributed by atoms with Gasteiger partial charge in [-0.15, -0.1) is 0 Å². The molecule has 1 aromatic carbocycles. The lowest BCUT2D eigenvalue weighted by Gasteiger charge is -2.08. The fourth-order valence-corrected chi connectivity index (χ4v) is 2.74. The van der Waals surface area contributed by atoms with Crippen molar-refractivity contribution in [2.75, 3.05) is 6.61 Å². The van der Waals surface area contributed by atoms with E-state index in [0.29, 0.717) is 0 Å². The number of unbranched alkanes of at least 4 members (excludes halogenated alkanes) is 5. The SMILES string of the molecule is CCCCCCCOc1ccc(-c2ccc(CCCC)nc2)cc1. The molecule has 0 saturated carbocycles. The maximum absolute atomic E-state index is 5.82. The number of hydrogen-bond donors (Lipinski definition) is 0. The van der Waals surface area contributed by atoms with E-state index >= 15 is 0 Å². The Labute approximate surface area is 147 Å². The summed E-state index contributed by atoms with van der Waals surface area (Å²) in [5.41, 5.74) is 3.55. The van der Waals surface area contributed by atoms with E-state index in [1.807, 2.05) is 6.20 Å². The highest BCUT2D eigenvalue weighted by molar-refractivity contribution is 5.63.